The molecule has 2 aliphatic carbocycles. The highest BCUT2D eigenvalue weighted by Crippen LogP contribution is 2.34. The molecule has 2 fully saturated rings. The number of sulfone groups is 2. The minimum atomic E-state index is -3.37. The van der Waals surface area contributed by atoms with E-state index in [1.807, 2.05) is 123 Å². The maximum absolute atomic E-state index is 13.7. The zero-order valence-corrected chi connectivity index (χ0v) is 51.8. The quantitative estimate of drug-likeness (QED) is 0.0392. The summed E-state index contributed by atoms with van der Waals surface area (Å²) in [6.45, 7) is 11.4. The van der Waals surface area contributed by atoms with Gasteiger partial charge >= 0.3 is 6.09 Å². The molecule has 0 saturated heterocycles. The number of alkyl carbamates (subject to hydrolysis) is 1. The Morgan fingerprint density at radius 1 is 0.570 bits per heavy atom. The normalized spacial score (nSPS) is 14.0. The highest BCUT2D eigenvalue weighted by atomic mass is 35.5. The topological polar surface area (TPSA) is 251 Å². The third-order valence-corrected chi connectivity index (χ3v) is 16.5. The average molecular weight is 1220 g/mol. The molecule has 2 saturated carbocycles. The summed E-state index contributed by atoms with van der Waals surface area (Å²) in [5.41, 5.74) is 15.3. The number of carbonyl (C=O) groups is 3. The highest BCUT2D eigenvalue weighted by molar-refractivity contribution is 7.91. The van der Waals surface area contributed by atoms with Gasteiger partial charge in [0.1, 0.15) is 17.0 Å². The van der Waals surface area contributed by atoms with Gasteiger partial charge in [0, 0.05) is 37.0 Å². The van der Waals surface area contributed by atoms with Gasteiger partial charge in [0.05, 0.1) is 44.6 Å². The second-order valence-corrected chi connectivity index (χ2v) is 27.0. The van der Waals surface area contributed by atoms with Crippen LogP contribution in [-0.2, 0) is 37.5 Å². The Morgan fingerprint density at radius 2 is 0.965 bits per heavy atom. The first-order valence-electron chi connectivity index (χ1n) is 28.3. The monoisotopic (exact) mass is 1220 g/mol. The van der Waals surface area contributed by atoms with Gasteiger partial charge in [-0.05, 0) is 204 Å². The number of nitrogens with one attached hydrogen (secondary N) is 5. The lowest BCUT2D eigenvalue weighted by Crippen LogP contribution is -2.32. The van der Waals surface area contributed by atoms with Crippen molar-refractivity contribution in [1.29, 1.82) is 0 Å². The first-order valence-corrected chi connectivity index (χ1v) is 32.1. The zero-order valence-electron chi connectivity index (χ0n) is 49.3. The molecular formula is C65H75ClN10O8S2. The largest absolute Gasteiger partial charge is 0.444 e. The van der Waals surface area contributed by atoms with Gasteiger partial charge in [0.25, 0.3) is 11.8 Å². The molecule has 21 heteroatoms. The van der Waals surface area contributed by atoms with Crippen LogP contribution in [0.15, 0.2) is 168 Å². The molecule has 0 radical (unpaired) electrons. The Morgan fingerprint density at radius 3 is 1.37 bits per heavy atom. The summed E-state index contributed by atoms with van der Waals surface area (Å²) >= 11 is 0. The van der Waals surface area contributed by atoms with Crippen LogP contribution >= 0.6 is 12.4 Å². The number of hydrogen-bond acceptors (Lipinski definition) is 13. The molecule has 2 unspecified atom stereocenters. The summed E-state index contributed by atoms with van der Waals surface area (Å²) in [5, 5.41) is 25.1. The van der Waals surface area contributed by atoms with Crippen molar-refractivity contribution in [2.75, 3.05) is 36.2 Å². The number of carbonyl (C=O) groups excluding carboxylic acids is 3. The fourth-order valence-electron chi connectivity index (χ4n) is 9.72. The molecule has 452 valence electrons. The van der Waals surface area contributed by atoms with Crippen LogP contribution in [0.1, 0.15) is 124 Å². The Balaban J connectivity index is 0.000000224. The van der Waals surface area contributed by atoms with E-state index in [1.165, 1.54) is 38.2 Å². The lowest BCUT2D eigenvalue weighted by atomic mass is 9.98. The van der Waals surface area contributed by atoms with Crippen LogP contribution in [0.25, 0.3) is 11.4 Å². The van der Waals surface area contributed by atoms with Crippen molar-refractivity contribution in [1.82, 2.24) is 35.5 Å². The van der Waals surface area contributed by atoms with Crippen LogP contribution in [0, 0.1) is 25.7 Å². The van der Waals surface area contributed by atoms with E-state index < -0.39 is 31.4 Å². The van der Waals surface area contributed by atoms with Crippen LogP contribution in [0.5, 0.6) is 0 Å². The number of aromatic nitrogens is 4. The number of aryl methyl sites for hydroxylation is 2. The number of amides is 3. The molecule has 2 heterocycles. The molecule has 2 aliphatic rings. The molecule has 7 N–H and O–H groups in total. The maximum Gasteiger partial charge on any atom is 0.407 e. The predicted molar refractivity (Wildman–Crippen MR) is 338 cm³/mol. The smallest absolute Gasteiger partial charge is 0.407 e. The summed E-state index contributed by atoms with van der Waals surface area (Å²) in [6.07, 6.45) is 6.65. The molecule has 0 aliphatic heterocycles. The third kappa shape index (κ3) is 17.6. The van der Waals surface area contributed by atoms with E-state index >= 15 is 0 Å². The molecule has 2 atom stereocenters. The van der Waals surface area contributed by atoms with Gasteiger partial charge in [0.15, 0.2) is 19.7 Å². The Kier molecular flexibility index (Phi) is 20.5. The number of rotatable bonds is 21. The van der Waals surface area contributed by atoms with E-state index in [4.69, 9.17) is 10.5 Å². The van der Waals surface area contributed by atoms with Gasteiger partial charge in [-0.15, -0.1) is 12.4 Å². The molecule has 6 aromatic carbocycles. The van der Waals surface area contributed by atoms with Gasteiger partial charge in [-0.2, -0.15) is 10.2 Å². The van der Waals surface area contributed by atoms with Gasteiger partial charge in [-0.3, -0.25) is 9.59 Å². The van der Waals surface area contributed by atoms with E-state index in [0.717, 1.165) is 57.9 Å². The van der Waals surface area contributed by atoms with E-state index in [-0.39, 0.29) is 52.6 Å². The highest BCUT2D eigenvalue weighted by Gasteiger charge is 2.27. The van der Waals surface area contributed by atoms with Crippen LogP contribution in [0.3, 0.4) is 0 Å². The SMILES string of the molecule is Cc1cc(C(=O)Nc2cccc(C(NCC3CC3)c3cccc(S(C)(=O)=O)c3)c2)n(-c2cccc(CN)c2)n1.Cc1cc(C(=O)Nc2cccc(C(NCC3CC3)c3cccc(S(C)(=O)=O)c3)c2)n(-c2cccc(CNC(=O)OC(C)(C)C)c2)n1.Cl. The third-order valence-electron chi connectivity index (χ3n) is 14.3. The Bertz CT molecular complexity index is 3960. The summed E-state index contributed by atoms with van der Waals surface area (Å²) in [6, 6.07) is 47.3. The molecule has 2 aromatic heterocycles. The van der Waals surface area contributed by atoms with Crippen molar-refractivity contribution >= 4 is 61.4 Å². The molecule has 86 heavy (non-hydrogen) atoms. The van der Waals surface area contributed by atoms with Crippen molar-refractivity contribution in [2.45, 2.75) is 101 Å². The van der Waals surface area contributed by atoms with Crippen LogP contribution < -0.4 is 32.3 Å². The number of anilines is 2. The Hall–Kier alpha value is -7.98. The molecule has 18 nitrogen and oxygen atoms in total. The van der Waals surface area contributed by atoms with Crippen molar-refractivity contribution in [3.05, 3.63) is 214 Å². The number of nitrogens with zero attached hydrogens (tertiary/aromatic N) is 4. The van der Waals surface area contributed by atoms with Gasteiger partial charge in [0.2, 0.25) is 0 Å². The summed E-state index contributed by atoms with van der Waals surface area (Å²) < 4.78 is 57.6. The number of benzene rings is 6. The van der Waals surface area contributed by atoms with Crippen molar-refractivity contribution in [3.8, 4) is 11.4 Å². The molecule has 0 spiro atoms. The van der Waals surface area contributed by atoms with E-state index in [2.05, 4.69) is 36.8 Å². The minimum absolute atomic E-state index is 0. The van der Waals surface area contributed by atoms with E-state index in [9.17, 15) is 31.2 Å². The molecule has 0 bridgehead atoms. The lowest BCUT2D eigenvalue weighted by molar-refractivity contribution is 0.0523. The van der Waals surface area contributed by atoms with Gasteiger partial charge in [-0.1, -0.05) is 72.8 Å². The zero-order chi connectivity index (χ0) is 60.6. The number of halogens is 1. The molecule has 10 rings (SSSR count). The molecule has 3 amide bonds. The van der Waals surface area contributed by atoms with Crippen molar-refractivity contribution in [2.24, 2.45) is 17.6 Å². The van der Waals surface area contributed by atoms with Crippen LogP contribution in [0.4, 0.5) is 16.2 Å². The van der Waals surface area contributed by atoms with Gasteiger partial charge < -0.3 is 37.1 Å². The number of hydrogen-bond donors (Lipinski definition) is 6. The summed E-state index contributed by atoms with van der Waals surface area (Å²) in [5.74, 6) is 0.623. The average Bonchev–Trinajstić information content (AvgIpc) is 1.94. The fraction of sp³-hybridized carbons (Fsp3) is 0.308. The van der Waals surface area contributed by atoms with E-state index in [1.54, 1.807) is 78.7 Å². The first-order chi connectivity index (χ1) is 40.5. The second-order valence-electron chi connectivity index (χ2n) is 23.0. The van der Waals surface area contributed by atoms with Gasteiger partial charge in [-0.25, -0.2) is 31.0 Å². The predicted octanol–water partition coefficient (Wildman–Crippen LogP) is 10.8. The first kappa shape index (κ1) is 64.0. The number of nitrogens with two attached hydrogens (primary N) is 1. The molecule has 8 aromatic rings. The maximum atomic E-state index is 13.7. The number of ether oxygens (including phenoxy) is 1. The second kappa shape index (κ2) is 27.6. The fourth-order valence-corrected chi connectivity index (χ4v) is 11.1. The standard InChI is InChI=1S/C35H41N5O5S.C30H33N5O3S.ClH/c1-23-17-31(40(39-23)29-13-6-9-25(18-29)22-37-34(42)45-35(2,3)4)33(41)38-28-12-7-10-26(19-28)32(36-21-24-15-16-24)27-11-8-14-30(20-27)46(5,43)44;1-20-14-28(35(34-20)26-10-3-6-22(15-26)18-31)30(36)33-25-9-4-7-23(16-25)29(32-19-21-12-13-21)24-8-5-11-27(17-24)39(2,37)38;/h6-14,17-20,24,32,36H,15-16,21-22H2,1-5H3,(H,37,42)(H,38,41);3-11,14-17,21,29,32H,12-13,18-19,31H2,1-2H3,(H,33,36);1H. The van der Waals surface area contributed by atoms with Crippen molar-refractivity contribution in [3.63, 3.8) is 0 Å². The minimum Gasteiger partial charge on any atom is -0.444 e. The summed E-state index contributed by atoms with van der Waals surface area (Å²) in [4.78, 5) is 39.8. The van der Waals surface area contributed by atoms with Crippen molar-refractivity contribution < 1.29 is 36.0 Å². The van der Waals surface area contributed by atoms with Crippen LogP contribution in [-0.4, -0.2) is 85.5 Å². The lowest BCUT2D eigenvalue weighted by Gasteiger charge is -2.21. The summed E-state index contributed by atoms with van der Waals surface area (Å²) in [7, 11) is -6.72. The molecular weight excluding hydrogens is 1150 g/mol. The Labute approximate surface area is 510 Å². The van der Waals surface area contributed by atoms with E-state index in [0.29, 0.717) is 52.5 Å². The van der Waals surface area contributed by atoms with Crippen LogP contribution in [0.2, 0.25) is 0 Å².